The second-order valence-electron chi connectivity index (χ2n) is 3.03. The molecule has 0 aromatic heterocycles. The predicted octanol–water partition coefficient (Wildman–Crippen LogP) is 0.861. The molecule has 0 aliphatic rings. The third-order valence-electron chi connectivity index (χ3n) is 1.87. The number of carbonyl (C=O) groups is 1. The van der Waals surface area contributed by atoms with Crippen molar-refractivity contribution < 1.29 is 18.1 Å². The average molecular weight is 319 g/mol. The number of halogens is 1. The molecule has 15 heavy (non-hydrogen) atoms. The fraction of sp³-hybridized carbons (Fsp3) is 0.222. The van der Waals surface area contributed by atoms with Crippen LogP contribution < -0.4 is 5.73 Å². The third-order valence-corrected chi connectivity index (χ3v) is 2.31. The van der Waals surface area contributed by atoms with E-state index in [1.165, 1.54) is 35.1 Å². The van der Waals surface area contributed by atoms with Gasteiger partial charge in [-0.3, -0.25) is 0 Å². The molecule has 0 bridgehead atoms. The van der Waals surface area contributed by atoms with E-state index >= 15 is 0 Å². The maximum atomic E-state index is 11.0. The number of aromatic hydroxyl groups is 2. The predicted molar refractivity (Wildman–Crippen MR) is 61.6 cm³/mol. The molecule has 0 unspecified atom stereocenters. The molecule has 1 aromatic carbocycles. The van der Waals surface area contributed by atoms with Crippen molar-refractivity contribution in [3.8, 4) is 11.5 Å². The number of phenols is 2. The molecule has 0 fully saturated rings. The summed E-state index contributed by atoms with van der Waals surface area (Å²) in [6.07, 6.45) is 0.246. The maximum Gasteiger partial charge on any atom is 0.332 e. The lowest BCUT2D eigenvalue weighted by molar-refractivity contribution is -0.132. The van der Waals surface area contributed by atoms with Gasteiger partial charge in [-0.25, -0.2) is 4.79 Å². The summed E-state index contributed by atoms with van der Waals surface area (Å²) in [5, 5.41) is 18.3. The Labute approximate surface area is 101 Å². The van der Waals surface area contributed by atoms with Gasteiger partial charge in [0.05, 0.1) is 0 Å². The van der Waals surface area contributed by atoms with Crippen molar-refractivity contribution in [2.24, 2.45) is 5.73 Å². The molecule has 1 aromatic rings. The van der Waals surface area contributed by atoms with Crippen LogP contribution in [0.5, 0.6) is 11.5 Å². The van der Waals surface area contributed by atoms with Gasteiger partial charge in [-0.1, -0.05) is 6.07 Å². The Kier molecular flexibility index (Phi) is 4.15. The zero-order valence-electron chi connectivity index (χ0n) is 7.68. The Morgan fingerprint density at radius 3 is 2.67 bits per heavy atom. The lowest BCUT2D eigenvalue weighted by Gasteiger charge is -2.08. The van der Waals surface area contributed by atoms with E-state index in [1.807, 2.05) is 0 Å². The molecule has 1 atom stereocenters. The normalized spacial score (nSPS) is 12.1. The highest BCUT2D eigenvalue weighted by Gasteiger charge is 2.15. The Morgan fingerprint density at radius 1 is 1.47 bits per heavy atom. The molecule has 0 saturated carbocycles. The van der Waals surface area contributed by atoms with E-state index in [0.717, 1.165) is 0 Å². The molecule has 1 rings (SSSR count). The molecule has 0 aliphatic heterocycles. The van der Waals surface area contributed by atoms with Gasteiger partial charge in [0.1, 0.15) is 6.04 Å². The lowest BCUT2D eigenvalue weighted by Crippen LogP contribution is -2.32. The number of hydrogen-bond donors (Lipinski definition) is 3. The van der Waals surface area contributed by atoms with E-state index in [4.69, 9.17) is 10.8 Å². The molecular formula is C9H10INO4. The molecule has 0 spiro atoms. The van der Waals surface area contributed by atoms with E-state index in [-0.39, 0.29) is 17.9 Å². The van der Waals surface area contributed by atoms with Crippen molar-refractivity contribution in [2.45, 2.75) is 12.5 Å². The number of carbonyl (C=O) groups excluding carboxylic acids is 1. The molecule has 5 nitrogen and oxygen atoms in total. The van der Waals surface area contributed by atoms with Crippen molar-refractivity contribution >= 4 is 29.0 Å². The van der Waals surface area contributed by atoms with Crippen LogP contribution in [0.3, 0.4) is 0 Å². The van der Waals surface area contributed by atoms with Gasteiger partial charge in [-0.15, -0.1) is 0 Å². The third kappa shape index (κ3) is 3.24. The van der Waals surface area contributed by atoms with Crippen LogP contribution >= 0.6 is 23.0 Å². The SMILES string of the molecule is N[C@@H](Cc1ccc(O)c(O)c1)C(=O)O[123I]. The van der Waals surface area contributed by atoms with Gasteiger partial charge < -0.3 is 19.0 Å². The molecule has 0 radical (unpaired) electrons. The van der Waals surface area contributed by atoms with Crippen molar-refractivity contribution in [3.63, 3.8) is 0 Å². The van der Waals surface area contributed by atoms with Crippen molar-refractivity contribution in [1.82, 2.24) is 0 Å². The van der Waals surface area contributed by atoms with Gasteiger partial charge in [-0.2, -0.15) is 0 Å². The minimum Gasteiger partial charge on any atom is -0.504 e. The van der Waals surface area contributed by atoms with Gasteiger partial charge in [0.2, 0.25) is 0 Å². The largest absolute Gasteiger partial charge is 0.504 e. The number of hydrogen-bond acceptors (Lipinski definition) is 5. The smallest absolute Gasteiger partial charge is 0.332 e. The second-order valence-corrected chi connectivity index (χ2v) is 3.47. The van der Waals surface area contributed by atoms with Crippen LogP contribution in [0.1, 0.15) is 5.56 Å². The zero-order valence-corrected chi connectivity index (χ0v) is 9.84. The first-order valence-corrected chi connectivity index (χ1v) is 5.01. The van der Waals surface area contributed by atoms with Crippen molar-refractivity contribution in [3.05, 3.63) is 23.8 Å². The summed E-state index contributed by atoms with van der Waals surface area (Å²) in [5.74, 6) is -0.963. The molecule has 0 heterocycles. The van der Waals surface area contributed by atoms with E-state index in [2.05, 4.69) is 3.07 Å². The number of phenolic OH excluding ortho intramolecular Hbond substituents is 2. The minimum atomic E-state index is -0.772. The fourth-order valence-electron chi connectivity index (χ4n) is 1.09. The van der Waals surface area contributed by atoms with E-state index in [1.54, 1.807) is 6.07 Å². The highest BCUT2D eigenvalue weighted by atomic mass is 123. The minimum absolute atomic E-state index is 0.205. The van der Waals surface area contributed by atoms with Crippen LogP contribution in [0.4, 0.5) is 0 Å². The number of benzene rings is 1. The molecule has 82 valence electrons. The van der Waals surface area contributed by atoms with E-state index < -0.39 is 12.0 Å². The van der Waals surface area contributed by atoms with E-state index in [0.29, 0.717) is 5.56 Å². The monoisotopic (exact) mass is 319 g/mol. The average Bonchev–Trinajstić information content (AvgIpc) is 2.22. The second kappa shape index (κ2) is 5.17. The van der Waals surface area contributed by atoms with Crippen LogP contribution in [0.15, 0.2) is 18.2 Å². The molecular weight excluding hydrogens is 309 g/mol. The summed E-state index contributed by atoms with van der Waals surface area (Å²) in [4.78, 5) is 11.0. The summed E-state index contributed by atoms with van der Waals surface area (Å²) < 4.78 is 4.43. The first kappa shape index (κ1) is 12.1. The van der Waals surface area contributed by atoms with Gasteiger partial charge in [0, 0.05) is 0 Å². The first-order valence-electron chi connectivity index (χ1n) is 4.13. The standard InChI is InChI=1S/C9H10INO4/c10-15-9(14)6(11)3-5-1-2-7(12)8(13)4-5/h1-2,4,6,12-13H,3,11H2/t6-/m0/s1/i10-4. The number of nitrogens with two attached hydrogens (primary N) is 1. The highest BCUT2D eigenvalue weighted by Crippen LogP contribution is 2.25. The Morgan fingerprint density at radius 2 is 2.13 bits per heavy atom. The van der Waals surface area contributed by atoms with Gasteiger partial charge in [0.25, 0.3) is 0 Å². The molecule has 0 aliphatic carbocycles. The Bertz CT molecular complexity index is 369. The lowest BCUT2D eigenvalue weighted by atomic mass is 10.1. The van der Waals surface area contributed by atoms with Crippen LogP contribution in [0.25, 0.3) is 0 Å². The summed E-state index contributed by atoms with van der Waals surface area (Å²) >= 11 is 1.46. The summed E-state index contributed by atoms with van der Waals surface area (Å²) in [7, 11) is 0. The van der Waals surface area contributed by atoms with Crippen LogP contribution in [-0.4, -0.2) is 22.2 Å². The number of rotatable bonds is 3. The Balaban J connectivity index is 2.73. The Hall–Kier alpha value is -1.02. The zero-order chi connectivity index (χ0) is 11.4. The molecule has 4 N–H and O–H groups in total. The van der Waals surface area contributed by atoms with Crippen LogP contribution in [-0.2, 0) is 14.3 Å². The molecule has 6 heteroatoms. The van der Waals surface area contributed by atoms with Crippen molar-refractivity contribution in [2.75, 3.05) is 0 Å². The highest BCUT2D eigenvalue weighted by molar-refractivity contribution is 14.1. The quantitative estimate of drug-likeness (QED) is 0.568. The van der Waals surface area contributed by atoms with Gasteiger partial charge >= 0.3 is 5.97 Å². The van der Waals surface area contributed by atoms with E-state index in [9.17, 15) is 9.90 Å². The van der Waals surface area contributed by atoms with Crippen molar-refractivity contribution in [1.29, 1.82) is 0 Å². The fourth-order valence-corrected chi connectivity index (χ4v) is 1.42. The maximum absolute atomic E-state index is 11.0. The van der Waals surface area contributed by atoms with Crippen LogP contribution in [0.2, 0.25) is 0 Å². The van der Waals surface area contributed by atoms with Gasteiger partial charge in [-0.05, 0) is 24.1 Å². The summed E-state index contributed by atoms with van der Waals surface area (Å²) in [6.45, 7) is 0. The van der Waals surface area contributed by atoms with Gasteiger partial charge in [0.15, 0.2) is 34.5 Å². The summed E-state index contributed by atoms with van der Waals surface area (Å²) in [5.41, 5.74) is 6.18. The van der Waals surface area contributed by atoms with Crippen LogP contribution in [0, 0.1) is 0 Å². The molecule has 0 saturated heterocycles. The summed E-state index contributed by atoms with van der Waals surface area (Å²) in [6, 6.07) is 3.50. The topological polar surface area (TPSA) is 92.8 Å². The first-order chi connectivity index (χ1) is 7.04. The molecule has 0 amide bonds.